The molecule has 58 valence electrons. The molecule has 1 fully saturated rings. The van der Waals surface area contributed by atoms with Crippen LogP contribution in [0.15, 0.2) is 16.9 Å². The summed E-state index contributed by atoms with van der Waals surface area (Å²) in [7, 11) is 0. The summed E-state index contributed by atoms with van der Waals surface area (Å²) >= 11 is 0. The molecule has 11 heavy (non-hydrogen) atoms. The van der Waals surface area contributed by atoms with Crippen molar-refractivity contribution in [2.75, 3.05) is 11.4 Å². The Balaban J connectivity index is 2.23. The molecule has 0 aromatic carbocycles. The molecule has 1 aliphatic rings. The maximum atomic E-state index is 11.1. The van der Waals surface area contributed by atoms with Crippen LogP contribution in [0.3, 0.4) is 0 Å². The zero-order valence-electron chi connectivity index (χ0n) is 5.99. The van der Waals surface area contributed by atoms with E-state index in [0.29, 0.717) is 12.4 Å². The molecule has 1 saturated heterocycles. The van der Waals surface area contributed by atoms with Crippen LogP contribution in [0.4, 0.5) is 6.01 Å². The van der Waals surface area contributed by atoms with Crippen molar-refractivity contribution in [2.24, 2.45) is 0 Å². The van der Waals surface area contributed by atoms with Gasteiger partial charge in [0.25, 0.3) is 0 Å². The Labute approximate surface area is 63.8 Å². The highest BCUT2D eigenvalue weighted by molar-refractivity contribution is 5.93. The number of rotatable bonds is 1. The summed E-state index contributed by atoms with van der Waals surface area (Å²) in [5.41, 5.74) is 0. The van der Waals surface area contributed by atoms with Gasteiger partial charge in [0.1, 0.15) is 6.26 Å². The van der Waals surface area contributed by atoms with E-state index in [9.17, 15) is 4.79 Å². The van der Waals surface area contributed by atoms with Gasteiger partial charge in [-0.1, -0.05) is 0 Å². The minimum Gasteiger partial charge on any atom is -0.432 e. The lowest BCUT2D eigenvalue weighted by molar-refractivity contribution is -0.117. The van der Waals surface area contributed by atoms with Gasteiger partial charge in [0.05, 0.1) is 6.20 Å². The Morgan fingerprint density at radius 2 is 2.55 bits per heavy atom. The third-order valence-corrected chi connectivity index (χ3v) is 1.72. The Morgan fingerprint density at radius 3 is 3.09 bits per heavy atom. The van der Waals surface area contributed by atoms with Crippen molar-refractivity contribution in [3.8, 4) is 0 Å². The van der Waals surface area contributed by atoms with Crippen LogP contribution in [0, 0.1) is 0 Å². The van der Waals surface area contributed by atoms with E-state index in [1.807, 2.05) is 0 Å². The van der Waals surface area contributed by atoms with Crippen LogP contribution in [0.5, 0.6) is 0 Å². The van der Waals surface area contributed by atoms with Crippen molar-refractivity contribution in [3.05, 3.63) is 12.5 Å². The summed E-state index contributed by atoms with van der Waals surface area (Å²) in [6.07, 6.45) is 4.53. The fourth-order valence-electron chi connectivity index (χ4n) is 1.20. The number of nitrogens with zero attached hydrogens (tertiary/aromatic N) is 2. The van der Waals surface area contributed by atoms with Gasteiger partial charge in [-0.15, -0.1) is 0 Å². The summed E-state index contributed by atoms with van der Waals surface area (Å²) in [6, 6.07) is 0.424. The second-order valence-corrected chi connectivity index (χ2v) is 2.46. The first kappa shape index (κ1) is 6.39. The molecule has 1 aromatic heterocycles. The summed E-state index contributed by atoms with van der Waals surface area (Å²) in [5, 5.41) is 0. The lowest BCUT2D eigenvalue weighted by Gasteiger charge is -2.08. The van der Waals surface area contributed by atoms with E-state index in [1.165, 1.54) is 6.26 Å². The average molecular weight is 152 g/mol. The van der Waals surface area contributed by atoms with E-state index in [2.05, 4.69) is 4.98 Å². The smallest absolute Gasteiger partial charge is 0.303 e. The van der Waals surface area contributed by atoms with Crippen LogP contribution in [0.25, 0.3) is 0 Å². The van der Waals surface area contributed by atoms with Gasteiger partial charge >= 0.3 is 6.01 Å². The van der Waals surface area contributed by atoms with Crippen molar-refractivity contribution in [3.63, 3.8) is 0 Å². The number of oxazole rings is 1. The van der Waals surface area contributed by atoms with Gasteiger partial charge in [-0.05, 0) is 6.42 Å². The van der Waals surface area contributed by atoms with Crippen LogP contribution in [0.2, 0.25) is 0 Å². The summed E-state index contributed by atoms with van der Waals surface area (Å²) in [6.45, 7) is 0.735. The fraction of sp³-hybridized carbons (Fsp3) is 0.429. The topological polar surface area (TPSA) is 46.3 Å². The van der Waals surface area contributed by atoms with E-state index in [4.69, 9.17) is 4.42 Å². The molecule has 4 nitrogen and oxygen atoms in total. The number of carbonyl (C=O) groups is 1. The molecule has 0 atom stereocenters. The monoisotopic (exact) mass is 152 g/mol. The van der Waals surface area contributed by atoms with Crippen LogP contribution in [-0.2, 0) is 4.79 Å². The summed E-state index contributed by atoms with van der Waals surface area (Å²) < 4.78 is 4.98. The lowest BCUT2D eigenvalue weighted by atomic mass is 10.4. The first-order valence-corrected chi connectivity index (χ1v) is 3.58. The predicted molar refractivity (Wildman–Crippen MR) is 38.1 cm³/mol. The van der Waals surface area contributed by atoms with E-state index in [0.717, 1.165) is 13.0 Å². The van der Waals surface area contributed by atoms with Crippen molar-refractivity contribution in [2.45, 2.75) is 12.8 Å². The molecular weight excluding hydrogens is 144 g/mol. The van der Waals surface area contributed by atoms with Crippen molar-refractivity contribution in [1.29, 1.82) is 0 Å². The molecule has 1 aromatic rings. The number of amides is 1. The molecule has 0 spiro atoms. The number of carbonyl (C=O) groups excluding carboxylic acids is 1. The lowest BCUT2D eigenvalue weighted by Crippen LogP contribution is -2.23. The first-order valence-electron chi connectivity index (χ1n) is 3.58. The third kappa shape index (κ3) is 1.00. The Hall–Kier alpha value is -1.32. The zero-order valence-corrected chi connectivity index (χ0v) is 5.99. The van der Waals surface area contributed by atoms with Crippen LogP contribution >= 0.6 is 0 Å². The van der Waals surface area contributed by atoms with Crippen LogP contribution < -0.4 is 4.90 Å². The molecule has 4 heteroatoms. The predicted octanol–water partition coefficient (Wildman–Crippen LogP) is 0.801. The van der Waals surface area contributed by atoms with Gasteiger partial charge in [0.2, 0.25) is 5.91 Å². The fourth-order valence-corrected chi connectivity index (χ4v) is 1.20. The van der Waals surface area contributed by atoms with E-state index in [1.54, 1.807) is 11.1 Å². The summed E-state index contributed by atoms with van der Waals surface area (Å²) in [5.74, 6) is 0.104. The number of anilines is 1. The SMILES string of the molecule is O=C1CCCN1c1ncco1. The Morgan fingerprint density at radius 1 is 1.64 bits per heavy atom. The maximum Gasteiger partial charge on any atom is 0.303 e. The quantitative estimate of drug-likeness (QED) is 0.598. The molecule has 2 heterocycles. The van der Waals surface area contributed by atoms with Crippen LogP contribution in [-0.4, -0.2) is 17.4 Å². The van der Waals surface area contributed by atoms with E-state index >= 15 is 0 Å². The molecule has 2 rings (SSSR count). The highest BCUT2D eigenvalue weighted by Crippen LogP contribution is 2.17. The van der Waals surface area contributed by atoms with Gasteiger partial charge < -0.3 is 4.42 Å². The second kappa shape index (κ2) is 2.38. The van der Waals surface area contributed by atoms with Crippen molar-refractivity contribution >= 4 is 11.9 Å². The van der Waals surface area contributed by atoms with Crippen LogP contribution in [0.1, 0.15) is 12.8 Å². The average Bonchev–Trinajstić information content (AvgIpc) is 2.55. The molecular formula is C7H8N2O2. The molecule has 0 bridgehead atoms. The Kier molecular flexibility index (Phi) is 1.38. The minimum atomic E-state index is 0.104. The number of hydrogen-bond acceptors (Lipinski definition) is 3. The second-order valence-electron chi connectivity index (χ2n) is 2.46. The van der Waals surface area contributed by atoms with Crippen molar-refractivity contribution < 1.29 is 9.21 Å². The first-order chi connectivity index (χ1) is 5.38. The summed E-state index contributed by atoms with van der Waals surface area (Å²) in [4.78, 5) is 16.6. The van der Waals surface area contributed by atoms with Gasteiger partial charge in [-0.3, -0.25) is 9.69 Å². The molecule has 0 aliphatic carbocycles. The molecule has 0 N–H and O–H groups in total. The van der Waals surface area contributed by atoms with Gasteiger partial charge in [-0.25, -0.2) is 4.98 Å². The minimum absolute atomic E-state index is 0.104. The van der Waals surface area contributed by atoms with E-state index in [-0.39, 0.29) is 5.91 Å². The third-order valence-electron chi connectivity index (χ3n) is 1.72. The molecule has 0 saturated carbocycles. The normalized spacial score (nSPS) is 17.8. The molecule has 0 radical (unpaired) electrons. The van der Waals surface area contributed by atoms with Gasteiger partial charge in [0, 0.05) is 13.0 Å². The number of hydrogen-bond donors (Lipinski definition) is 0. The van der Waals surface area contributed by atoms with E-state index < -0.39 is 0 Å². The molecule has 1 aliphatic heterocycles. The maximum absolute atomic E-state index is 11.1. The van der Waals surface area contributed by atoms with Gasteiger partial charge in [0.15, 0.2) is 0 Å². The number of aromatic nitrogens is 1. The molecule has 1 amide bonds. The van der Waals surface area contributed by atoms with Crippen molar-refractivity contribution in [1.82, 2.24) is 4.98 Å². The highest BCUT2D eigenvalue weighted by atomic mass is 16.4. The zero-order chi connectivity index (χ0) is 7.68. The standard InChI is InChI=1S/C7H8N2O2/c10-6-2-1-4-9(6)7-8-3-5-11-7/h3,5H,1-2,4H2. The molecule has 0 unspecified atom stereocenters. The largest absolute Gasteiger partial charge is 0.432 e. The highest BCUT2D eigenvalue weighted by Gasteiger charge is 2.24. The Bertz CT molecular complexity index is 255. The van der Waals surface area contributed by atoms with Gasteiger partial charge in [-0.2, -0.15) is 0 Å².